The molecule has 0 aromatic carbocycles. The molecule has 1 N–H and O–H groups in total. The van der Waals surface area contributed by atoms with E-state index in [9.17, 15) is 5.11 Å². The van der Waals surface area contributed by atoms with Crippen molar-refractivity contribution in [3.63, 3.8) is 0 Å². The van der Waals surface area contributed by atoms with Crippen LogP contribution in [0.25, 0.3) is 0 Å². The highest BCUT2D eigenvalue weighted by molar-refractivity contribution is 6.60. The zero-order valence-electron chi connectivity index (χ0n) is 14.4. The summed E-state index contributed by atoms with van der Waals surface area (Å²) >= 11 is 6.38. The molecule has 0 aromatic rings. The quantitative estimate of drug-likeness (QED) is 0.491. The number of halogens is 1. The fourth-order valence-electron chi connectivity index (χ4n) is 4.60. The third kappa shape index (κ3) is 2.53. The molecule has 3 saturated carbocycles. The number of ether oxygens (including phenoxy) is 1. The van der Waals surface area contributed by atoms with Crippen molar-refractivity contribution >= 4 is 18.7 Å². The fraction of sp³-hybridized carbons (Fsp3) is 1.00. The Balaban J connectivity index is 1.70. The molecule has 1 aliphatic heterocycles. The van der Waals surface area contributed by atoms with Gasteiger partial charge in [0.25, 0.3) is 0 Å². The molecular weight excluding hydrogens is 302 g/mol. The predicted molar refractivity (Wildman–Crippen MR) is 86.6 cm³/mol. The van der Waals surface area contributed by atoms with Crippen LogP contribution in [0.5, 0.6) is 0 Å². The van der Waals surface area contributed by atoms with E-state index < -0.39 is 24.3 Å². The zero-order valence-corrected chi connectivity index (χ0v) is 15.2. The largest absolute Gasteiger partial charge is 0.482 e. The average Bonchev–Trinajstić information content (AvgIpc) is 2.72. The summed E-state index contributed by atoms with van der Waals surface area (Å²) in [5.41, 5.74) is -0.477. The van der Waals surface area contributed by atoms with Crippen LogP contribution in [0.1, 0.15) is 54.4 Å². The fourth-order valence-corrected chi connectivity index (χ4v) is 4.76. The third-order valence-corrected chi connectivity index (χ3v) is 6.40. The van der Waals surface area contributed by atoms with Crippen LogP contribution < -0.4 is 0 Å². The van der Waals surface area contributed by atoms with Crippen LogP contribution in [0.3, 0.4) is 0 Å². The summed E-state index contributed by atoms with van der Waals surface area (Å²) in [6, 6.07) is 0. The number of hydrogen-bond acceptors (Lipinski definition) is 4. The summed E-state index contributed by atoms with van der Waals surface area (Å²) in [6.07, 6.45) is 1.16. The van der Waals surface area contributed by atoms with Crippen LogP contribution in [-0.2, 0) is 14.0 Å². The van der Waals surface area contributed by atoms with Crippen molar-refractivity contribution in [1.29, 1.82) is 0 Å². The van der Waals surface area contributed by atoms with Crippen LogP contribution in [-0.4, -0.2) is 41.1 Å². The number of aliphatic hydroxyl groups is 1. The van der Waals surface area contributed by atoms with Crippen molar-refractivity contribution in [3.8, 4) is 0 Å². The van der Waals surface area contributed by atoms with Crippen molar-refractivity contribution in [2.24, 2.45) is 17.3 Å². The lowest BCUT2D eigenvalue weighted by Gasteiger charge is -2.64. The molecule has 6 heteroatoms. The zero-order chi connectivity index (χ0) is 16.5. The maximum atomic E-state index is 10.2. The molecule has 4 fully saturated rings. The Morgan fingerprint density at radius 2 is 1.91 bits per heavy atom. The topological polar surface area (TPSA) is 47.9 Å². The molecule has 0 amide bonds. The second kappa shape index (κ2) is 5.09. The Morgan fingerprint density at radius 3 is 2.45 bits per heavy atom. The summed E-state index contributed by atoms with van der Waals surface area (Å²) in [5, 5.41) is 9.46. The monoisotopic (exact) mass is 330 g/mol. The summed E-state index contributed by atoms with van der Waals surface area (Å²) in [7, 11) is -0.621. The van der Waals surface area contributed by atoms with Crippen LogP contribution >= 0.6 is 11.6 Å². The van der Waals surface area contributed by atoms with E-state index in [-0.39, 0.29) is 11.7 Å². The molecule has 4 rings (SSSR count). The lowest BCUT2D eigenvalue weighted by molar-refractivity contribution is -0.199. The lowest BCUT2D eigenvalue weighted by atomic mass is 9.43. The van der Waals surface area contributed by atoms with Gasteiger partial charge in [0.15, 0.2) is 6.29 Å². The first kappa shape index (κ1) is 17.0. The van der Waals surface area contributed by atoms with E-state index >= 15 is 0 Å². The van der Waals surface area contributed by atoms with Gasteiger partial charge in [0, 0.05) is 0 Å². The Morgan fingerprint density at radius 1 is 1.27 bits per heavy atom. The Hall–Kier alpha value is 0.195. The van der Waals surface area contributed by atoms with Gasteiger partial charge in [-0.15, -0.1) is 11.6 Å². The maximum Gasteiger partial charge on any atom is 0.482 e. The van der Waals surface area contributed by atoms with Crippen molar-refractivity contribution in [2.75, 3.05) is 0 Å². The van der Waals surface area contributed by atoms with Crippen molar-refractivity contribution in [3.05, 3.63) is 0 Å². The summed E-state index contributed by atoms with van der Waals surface area (Å²) in [5.74, 6) is 1.18. The Kier molecular flexibility index (Phi) is 3.94. The van der Waals surface area contributed by atoms with E-state index in [0.29, 0.717) is 17.3 Å². The summed E-state index contributed by atoms with van der Waals surface area (Å²) < 4.78 is 17.8. The molecule has 6 atom stereocenters. The van der Waals surface area contributed by atoms with Crippen LogP contribution in [0.15, 0.2) is 0 Å². The highest BCUT2D eigenvalue weighted by Crippen LogP contribution is 2.65. The first-order chi connectivity index (χ1) is 9.95. The molecule has 1 heterocycles. The SMILES string of the molecule is CC(C)(C)O[C@@H](O)C(Cl)B1O[C@@H]2C[C@@H]3C[C@@H](C3(C)C)[C@]2(C)O1. The minimum Gasteiger partial charge on any atom is -0.404 e. The van der Waals surface area contributed by atoms with Gasteiger partial charge in [0.2, 0.25) is 0 Å². The first-order valence-electron chi connectivity index (χ1n) is 8.28. The maximum absolute atomic E-state index is 10.2. The van der Waals surface area contributed by atoms with E-state index in [2.05, 4.69) is 20.8 Å². The van der Waals surface area contributed by atoms with Crippen molar-refractivity contribution in [1.82, 2.24) is 0 Å². The van der Waals surface area contributed by atoms with Gasteiger partial charge in [-0.25, -0.2) is 0 Å². The van der Waals surface area contributed by atoms with Crippen LogP contribution in [0.4, 0.5) is 0 Å². The second-order valence-electron chi connectivity index (χ2n) is 8.90. The summed E-state index contributed by atoms with van der Waals surface area (Å²) in [6.45, 7) is 12.4. The predicted octanol–water partition coefficient (Wildman–Crippen LogP) is 2.99. The molecule has 1 unspecified atom stereocenters. The number of aliphatic hydroxyl groups excluding tert-OH is 1. The molecule has 4 nitrogen and oxygen atoms in total. The van der Waals surface area contributed by atoms with Gasteiger partial charge in [0.05, 0.1) is 17.3 Å². The standard InChI is InChI=1S/C16H28BClO4/c1-14(2,3)20-13(19)12(18)17-21-11-8-9-7-10(15(9,4)5)16(11,6)22-17/h9-13,19H,7-8H2,1-6H3/t9-,10-,11+,12?,13+,16-/m0/s1. The molecule has 0 radical (unpaired) electrons. The molecule has 22 heavy (non-hydrogen) atoms. The van der Waals surface area contributed by atoms with Gasteiger partial charge >= 0.3 is 7.12 Å². The van der Waals surface area contributed by atoms with E-state index in [4.69, 9.17) is 25.6 Å². The molecule has 4 aliphatic rings. The average molecular weight is 331 g/mol. The molecular formula is C16H28BClO4. The summed E-state index contributed by atoms with van der Waals surface area (Å²) in [4.78, 5) is 0. The molecule has 126 valence electrons. The number of alkyl halides is 1. The molecule has 1 saturated heterocycles. The third-order valence-electron chi connectivity index (χ3n) is 5.98. The minimum absolute atomic E-state index is 0.0670. The van der Waals surface area contributed by atoms with E-state index in [1.54, 1.807) is 0 Å². The Labute approximate surface area is 139 Å². The molecule has 2 bridgehead atoms. The van der Waals surface area contributed by atoms with Gasteiger partial charge in [-0.05, 0) is 57.8 Å². The van der Waals surface area contributed by atoms with Gasteiger partial charge in [0.1, 0.15) is 5.28 Å². The molecule has 0 spiro atoms. The Bertz CT molecular complexity index is 452. The van der Waals surface area contributed by atoms with Crippen LogP contribution in [0.2, 0.25) is 0 Å². The van der Waals surface area contributed by atoms with Crippen molar-refractivity contribution in [2.45, 2.75) is 83.3 Å². The highest BCUT2D eigenvalue weighted by Gasteiger charge is 2.68. The smallest absolute Gasteiger partial charge is 0.404 e. The van der Waals surface area contributed by atoms with E-state index in [1.165, 1.54) is 6.42 Å². The van der Waals surface area contributed by atoms with Crippen molar-refractivity contribution < 1.29 is 19.2 Å². The molecule has 0 aromatic heterocycles. The van der Waals surface area contributed by atoms with Crippen LogP contribution in [0, 0.1) is 17.3 Å². The van der Waals surface area contributed by atoms with Gasteiger partial charge in [-0.3, -0.25) is 0 Å². The second-order valence-corrected chi connectivity index (χ2v) is 9.41. The number of rotatable bonds is 3. The van der Waals surface area contributed by atoms with Gasteiger partial charge < -0.3 is 19.2 Å². The highest BCUT2D eigenvalue weighted by atomic mass is 35.5. The van der Waals surface area contributed by atoms with E-state index in [0.717, 1.165) is 6.42 Å². The van der Waals surface area contributed by atoms with E-state index in [1.807, 2.05) is 20.8 Å². The van der Waals surface area contributed by atoms with Gasteiger partial charge in [-0.1, -0.05) is 13.8 Å². The van der Waals surface area contributed by atoms with Gasteiger partial charge in [-0.2, -0.15) is 0 Å². The first-order valence-corrected chi connectivity index (χ1v) is 8.72. The molecule has 3 aliphatic carbocycles. The lowest BCUT2D eigenvalue weighted by Crippen LogP contribution is -2.65. The normalized spacial score (nSPS) is 42.5. The number of hydrogen-bond donors (Lipinski definition) is 1. The minimum atomic E-state index is -1.11.